The van der Waals surface area contributed by atoms with Crippen LogP contribution in [0.25, 0.3) is 0 Å². The van der Waals surface area contributed by atoms with E-state index in [4.69, 9.17) is 0 Å². The third-order valence-electron chi connectivity index (χ3n) is 3.59. The Morgan fingerprint density at radius 3 is 2.40 bits per heavy atom. The topological polar surface area (TPSA) is 49.8 Å². The van der Waals surface area contributed by atoms with E-state index < -0.39 is 11.6 Å². The average Bonchev–Trinajstić information content (AvgIpc) is 2.59. The Labute approximate surface area is 145 Å². The first kappa shape index (κ1) is 16.8. The summed E-state index contributed by atoms with van der Waals surface area (Å²) in [7, 11) is 0. The molecule has 1 heterocycles. The fraction of sp³-hybridized carbons (Fsp3) is 0.158. The summed E-state index contributed by atoms with van der Waals surface area (Å²) in [5.41, 5.74) is 1.66. The van der Waals surface area contributed by atoms with Crippen molar-refractivity contribution in [2.75, 3.05) is 17.2 Å². The van der Waals surface area contributed by atoms with Gasteiger partial charge in [0.1, 0.15) is 17.5 Å². The number of halogens is 2. The van der Waals surface area contributed by atoms with Crippen LogP contribution in [-0.4, -0.2) is 16.5 Å². The highest BCUT2D eigenvalue weighted by molar-refractivity contribution is 5.59. The Bertz CT molecular complexity index is 853. The Kier molecular flexibility index (Phi) is 5.18. The highest BCUT2D eigenvalue weighted by Crippen LogP contribution is 2.19. The summed E-state index contributed by atoms with van der Waals surface area (Å²) in [5.74, 6) is -0.0197. The van der Waals surface area contributed by atoms with Crippen LogP contribution < -0.4 is 10.6 Å². The molecule has 128 valence electrons. The highest BCUT2D eigenvalue weighted by atomic mass is 19.2. The second-order valence-electron chi connectivity index (χ2n) is 5.60. The first-order valence-corrected chi connectivity index (χ1v) is 7.96. The van der Waals surface area contributed by atoms with Crippen LogP contribution in [0.15, 0.2) is 54.6 Å². The van der Waals surface area contributed by atoms with Crippen LogP contribution in [0.2, 0.25) is 0 Å². The summed E-state index contributed by atoms with van der Waals surface area (Å²) in [4.78, 5) is 8.61. The largest absolute Gasteiger partial charge is 0.370 e. The molecule has 6 heteroatoms. The second kappa shape index (κ2) is 7.70. The molecule has 2 aromatic carbocycles. The van der Waals surface area contributed by atoms with E-state index in [9.17, 15) is 8.78 Å². The van der Waals surface area contributed by atoms with E-state index in [1.165, 1.54) is 11.6 Å². The van der Waals surface area contributed by atoms with Gasteiger partial charge in [0.2, 0.25) is 0 Å². The van der Waals surface area contributed by atoms with Crippen LogP contribution >= 0.6 is 0 Å². The molecule has 2 N–H and O–H groups in total. The lowest BCUT2D eigenvalue weighted by atomic mass is 10.1. The minimum absolute atomic E-state index is 0.423. The van der Waals surface area contributed by atoms with E-state index in [1.54, 1.807) is 13.0 Å². The van der Waals surface area contributed by atoms with Crippen LogP contribution in [0.3, 0.4) is 0 Å². The van der Waals surface area contributed by atoms with Gasteiger partial charge in [-0.1, -0.05) is 30.3 Å². The van der Waals surface area contributed by atoms with Gasteiger partial charge in [0.05, 0.1) is 0 Å². The predicted octanol–water partition coefficient (Wildman–Crippen LogP) is 4.46. The lowest BCUT2D eigenvalue weighted by Gasteiger charge is -2.10. The SMILES string of the molecule is Cc1nc(NCCc2ccccc2)cc(Nc2ccc(F)c(F)c2)n1. The first-order chi connectivity index (χ1) is 12.1. The molecule has 0 spiro atoms. The standard InChI is InChI=1S/C19H18F2N4/c1-13-23-18(22-10-9-14-5-3-2-4-6-14)12-19(24-13)25-15-7-8-16(20)17(21)11-15/h2-8,11-12H,9-10H2,1H3,(H2,22,23,24,25). The zero-order chi connectivity index (χ0) is 17.6. The molecule has 3 rings (SSSR count). The van der Waals surface area contributed by atoms with Crippen LogP contribution in [-0.2, 0) is 6.42 Å². The predicted molar refractivity (Wildman–Crippen MR) is 95.0 cm³/mol. The summed E-state index contributed by atoms with van der Waals surface area (Å²) < 4.78 is 26.3. The molecule has 4 nitrogen and oxygen atoms in total. The molecule has 0 fully saturated rings. The van der Waals surface area contributed by atoms with Crippen molar-refractivity contribution in [2.24, 2.45) is 0 Å². The van der Waals surface area contributed by atoms with Gasteiger partial charge >= 0.3 is 0 Å². The monoisotopic (exact) mass is 340 g/mol. The summed E-state index contributed by atoms with van der Waals surface area (Å²) in [6.07, 6.45) is 0.871. The molecule has 0 saturated carbocycles. The molecule has 0 aliphatic rings. The summed E-state index contributed by atoms with van der Waals surface area (Å²) in [6, 6.07) is 15.5. The smallest absolute Gasteiger partial charge is 0.160 e. The van der Waals surface area contributed by atoms with Gasteiger partial charge in [-0.05, 0) is 31.0 Å². The molecule has 25 heavy (non-hydrogen) atoms. The molecule has 0 aliphatic carbocycles. The van der Waals surface area contributed by atoms with Gasteiger partial charge < -0.3 is 10.6 Å². The van der Waals surface area contributed by atoms with Crippen molar-refractivity contribution in [1.29, 1.82) is 0 Å². The van der Waals surface area contributed by atoms with E-state index >= 15 is 0 Å². The van der Waals surface area contributed by atoms with Crippen molar-refractivity contribution < 1.29 is 8.78 Å². The van der Waals surface area contributed by atoms with Crippen LogP contribution in [0.4, 0.5) is 26.1 Å². The number of aromatic nitrogens is 2. The van der Waals surface area contributed by atoms with E-state index in [0.717, 1.165) is 25.1 Å². The lowest BCUT2D eigenvalue weighted by molar-refractivity contribution is 0.509. The summed E-state index contributed by atoms with van der Waals surface area (Å²) in [5, 5.41) is 6.22. The Balaban J connectivity index is 1.66. The lowest BCUT2D eigenvalue weighted by Crippen LogP contribution is -2.08. The molecule has 0 saturated heterocycles. The summed E-state index contributed by atoms with van der Waals surface area (Å²) >= 11 is 0. The molecule has 0 bridgehead atoms. The third-order valence-corrected chi connectivity index (χ3v) is 3.59. The van der Waals surface area contributed by atoms with E-state index in [2.05, 4.69) is 32.7 Å². The van der Waals surface area contributed by atoms with Gasteiger partial charge in [-0.25, -0.2) is 18.7 Å². The molecular weight excluding hydrogens is 322 g/mol. The van der Waals surface area contributed by atoms with Crippen molar-refractivity contribution in [3.8, 4) is 0 Å². The summed E-state index contributed by atoms with van der Waals surface area (Å²) in [6.45, 7) is 2.50. The number of hydrogen-bond donors (Lipinski definition) is 2. The minimum Gasteiger partial charge on any atom is -0.370 e. The first-order valence-electron chi connectivity index (χ1n) is 7.96. The maximum Gasteiger partial charge on any atom is 0.160 e. The molecule has 1 aromatic heterocycles. The van der Waals surface area contributed by atoms with Crippen molar-refractivity contribution >= 4 is 17.3 Å². The normalized spacial score (nSPS) is 10.5. The number of benzene rings is 2. The van der Waals surface area contributed by atoms with Crippen molar-refractivity contribution in [3.63, 3.8) is 0 Å². The Hall–Kier alpha value is -3.02. The number of nitrogens with zero attached hydrogens (tertiary/aromatic N) is 2. The highest BCUT2D eigenvalue weighted by Gasteiger charge is 2.06. The minimum atomic E-state index is -0.906. The van der Waals surface area contributed by atoms with Gasteiger partial charge in [0.25, 0.3) is 0 Å². The van der Waals surface area contributed by atoms with Crippen molar-refractivity contribution in [2.45, 2.75) is 13.3 Å². The quantitative estimate of drug-likeness (QED) is 0.695. The second-order valence-corrected chi connectivity index (χ2v) is 5.60. The Morgan fingerprint density at radius 1 is 0.880 bits per heavy atom. The van der Waals surface area contributed by atoms with Crippen LogP contribution in [0.5, 0.6) is 0 Å². The Morgan fingerprint density at radius 2 is 1.64 bits per heavy atom. The van der Waals surface area contributed by atoms with Crippen LogP contribution in [0.1, 0.15) is 11.4 Å². The molecule has 0 atom stereocenters. The number of hydrogen-bond acceptors (Lipinski definition) is 4. The fourth-order valence-electron chi connectivity index (χ4n) is 2.42. The van der Waals surface area contributed by atoms with Gasteiger partial charge in [0, 0.05) is 24.4 Å². The molecule has 3 aromatic rings. The maximum atomic E-state index is 13.3. The fourth-order valence-corrected chi connectivity index (χ4v) is 2.42. The number of aryl methyl sites for hydroxylation is 1. The van der Waals surface area contributed by atoms with Crippen molar-refractivity contribution in [1.82, 2.24) is 9.97 Å². The van der Waals surface area contributed by atoms with Gasteiger partial charge in [-0.15, -0.1) is 0 Å². The van der Waals surface area contributed by atoms with E-state index in [1.807, 2.05) is 18.2 Å². The van der Waals surface area contributed by atoms with Gasteiger partial charge in [-0.2, -0.15) is 0 Å². The molecule has 0 amide bonds. The van der Waals surface area contributed by atoms with E-state index in [0.29, 0.717) is 23.1 Å². The molecule has 0 radical (unpaired) electrons. The van der Waals surface area contributed by atoms with Gasteiger partial charge in [-0.3, -0.25) is 0 Å². The molecule has 0 unspecified atom stereocenters. The van der Waals surface area contributed by atoms with Gasteiger partial charge in [0.15, 0.2) is 11.6 Å². The molecular formula is C19H18F2N4. The number of rotatable bonds is 6. The van der Waals surface area contributed by atoms with Crippen LogP contribution in [0, 0.1) is 18.6 Å². The molecule has 0 aliphatic heterocycles. The van der Waals surface area contributed by atoms with E-state index in [-0.39, 0.29) is 0 Å². The third kappa shape index (κ3) is 4.73. The average molecular weight is 340 g/mol. The zero-order valence-corrected chi connectivity index (χ0v) is 13.8. The van der Waals surface area contributed by atoms with Crippen molar-refractivity contribution in [3.05, 3.63) is 77.6 Å². The maximum absolute atomic E-state index is 13.3. The number of nitrogens with one attached hydrogen (secondary N) is 2. The zero-order valence-electron chi connectivity index (χ0n) is 13.8. The number of anilines is 3.